The number of phenolic OH excluding ortho intramolecular Hbond substituents is 1. The smallest absolute Gasteiger partial charge is 0.313 e. The first-order chi connectivity index (χ1) is 25.6. The molecule has 55 heavy (non-hydrogen) atoms. The van der Waals surface area contributed by atoms with Gasteiger partial charge in [-0.15, -0.1) is 0 Å². The van der Waals surface area contributed by atoms with Crippen LogP contribution < -0.4 is 10.1 Å². The fourth-order valence-corrected chi connectivity index (χ4v) is 7.28. The summed E-state index contributed by atoms with van der Waals surface area (Å²) in [6.07, 6.45) is -0.878. The van der Waals surface area contributed by atoms with Crippen molar-refractivity contribution in [3.05, 3.63) is 69.2 Å². The van der Waals surface area contributed by atoms with Gasteiger partial charge in [-0.25, -0.2) is 0 Å². The van der Waals surface area contributed by atoms with Gasteiger partial charge in [-0.3, -0.25) is 19.2 Å². The van der Waals surface area contributed by atoms with Crippen LogP contribution in [0.1, 0.15) is 76.9 Å². The molecule has 5 rings (SSSR count). The second-order valence-corrected chi connectivity index (χ2v) is 14.7. The molecule has 15 heteroatoms. The number of aliphatic hydroxyl groups is 5. The molecule has 7 N–H and O–H groups in total. The quantitative estimate of drug-likeness (QED) is 0.130. The topological polar surface area (TPSA) is 239 Å². The van der Waals surface area contributed by atoms with Gasteiger partial charge < -0.3 is 54.9 Å². The number of hydrogen-bond acceptors (Lipinski definition) is 14. The number of Topliss-reactive ketones (excluding diaryl/α,β-unsaturated/α-hetero) is 1. The number of rotatable bonds is 2. The molecule has 1 aromatic rings. The Morgan fingerprint density at radius 1 is 0.909 bits per heavy atom. The van der Waals surface area contributed by atoms with E-state index in [0.717, 1.165) is 14.0 Å². The van der Waals surface area contributed by atoms with Crippen molar-refractivity contribution in [1.82, 2.24) is 0 Å². The lowest BCUT2D eigenvalue weighted by molar-refractivity contribution is -0.168. The van der Waals surface area contributed by atoms with Gasteiger partial charge in [0.05, 0.1) is 48.3 Å². The third-order valence-electron chi connectivity index (χ3n) is 10.6. The zero-order chi connectivity index (χ0) is 41.4. The fraction of sp³-hybridized carbons (Fsp3) is 0.500. The number of nitrogens with one attached hydrogen (secondary N) is 1. The number of methoxy groups -OCH3 is 1. The summed E-state index contributed by atoms with van der Waals surface area (Å²) in [7, 11) is 1.06. The summed E-state index contributed by atoms with van der Waals surface area (Å²) in [5.41, 5.74) is -2.34. The maximum Gasteiger partial charge on any atom is 0.313 e. The van der Waals surface area contributed by atoms with Gasteiger partial charge in [0.25, 0.3) is 5.91 Å². The predicted molar refractivity (Wildman–Crippen MR) is 198 cm³/mol. The van der Waals surface area contributed by atoms with Gasteiger partial charge in [-0.1, -0.05) is 39.0 Å². The standard InChI is InChI=1S/C40H51NO14/c1-16-12-11-13-17(2)38(49)41-28-19(4)36(55-23(8)42)24-25(33(28)47)31(45)21(6)35-26(24)34(53-15-54-35)18(3)14-40(9,51)37(48)22(7)32(46)27(39(50)52-10)30(44)20(5)29(16)43/h11-14,16,20,22,27,29-30,32,37,43-44,46-48,51H,15H2,1-10H3,(H,41,49)/b12-11+,17-13+,18-14-/t16-,20-,22+,27+,29?,30+,32+,37-,40-/m1/s1. The number of ether oxygens (including phenoxy) is 4. The fourth-order valence-electron chi connectivity index (χ4n) is 7.28. The number of ketones is 1. The minimum absolute atomic E-state index is 0.00256. The number of carbonyl (C=O) groups is 4. The largest absolute Gasteiger partial charge is 0.505 e. The van der Waals surface area contributed by atoms with Crippen molar-refractivity contribution >= 4 is 34.9 Å². The summed E-state index contributed by atoms with van der Waals surface area (Å²) in [6, 6.07) is 0. The number of aliphatic hydroxyl groups excluding tert-OH is 4. The molecule has 0 saturated heterocycles. The van der Waals surface area contributed by atoms with Crippen LogP contribution in [0, 0.1) is 30.6 Å². The molecule has 0 saturated carbocycles. The number of benzene rings is 1. The maximum atomic E-state index is 14.0. The van der Waals surface area contributed by atoms with Crippen LogP contribution in [0.25, 0.3) is 5.57 Å². The Kier molecular flexibility index (Phi) is 12.9. The van der Waals surface area contributed by atoms with E-state index in [-0.39, 0.29) is 61.9 Å². The Labute approximate surface area is 319 Å². The number of hydrogen-bond donors (Lipinski definition) is 7. The first-order valence-electron chi connectivity index (χ1n) is 17.8. The molecule has 0 fully saturated rings. The van der Waals surface area contributed by atoms with Gasteiger partial charge >= 0.3 is 11.9 Å². The number of amides is 1. The summed E-state index contributed by atoms with van der Waals surface area (Å²) in [5.74, 6) is -8.68. The Morgan fingerprint density at radius 2 is 1.51 bits per heavy atom. The van der Waals surface area contributed by atoms with Crippen molar-refractivity contribution in [2.24, 2.45) is 23.7 Å². The van der Waals surface area contributed by atoms with Crippen LogP contribution in [-0.4, -0.2) is 98.2 Å². The van der Waals surface area contributed by atoms with Crippen LogP contribution in [0.15, 0.2) is 52.5 Å². The van der Waals surface area contributed by atoms with E-state index < -0.39 is 89.9 Å². The van der Waals surface area contributed by atoms with Crippen LogP contribution in [0.4, 0.5) is 5.69 Å². The summed E-state index contributed by atoms with van der Waals surface area (Å²) < 4.78 is 22.3. The Bertz CT molecular complexity index is 1920. The Balaban J connectivity index is 2.07. The summed E-state index contributed by atoms with van der Waals surface area (Å²) >= 11 is 0. The van der Waals surface area contributed by atoms with E-state index in [1.165, 1.54) is 66.7 Å². The Morgan fingerprint density at radius 3 is 2.11 bits per heavy atom. The van der Waals surface area contributed by atoms with Gasteiger partial charge in [0.1, 0.15) is 28.8 Å². The van der Waals surface area contributed by atoms with Gasteiger partial charge in [-0.05, 0) is 46.3 Å². The molecule has 0 spiro atoms. The van der Waals surface area contributed by atoms with Crippen molar-refractivity contribution in [2.75, 3.05) is 19.2 Å². The molecule has 1 unspecified atom stereocenters. The second kappa shape index (κ2) is 16.5. The molecule has 300 valence electrons. The van der Waals surface area contributed by atoms with E-state index in [1.54, 1.807) is 13.0 Å². The van der Waals surface area contributed by atoms with Crippen LogP contribution in [0.5, 0.6) is 11.5 Å². The van der Waals surface area contributed by atoms with Gasteiger partial charge in [0.15, 0.2) is 11.5 Å². The highest BCUT2D eigenvalue weighted by atomic mass is 16.7. The number of aromatic hydroxyl groups is 1. The molecule has 4 aliphatic rings. The summed E-state index contributed by atoms with van der Waals surface area (Å²) in [5, 5.41) is 71.8. The van der Waals surface area contributed by atoms with Crippen molar-refractivity contribution in [2.45, 2.75) is 92.3 Å². The number of esters is 2. The molecule has 0 aromatic heterocycles. The summed E-state index contributed by atoms with van der Waals surface area (Å²) in [6.45, 7) is 12.3. The molecule has 15 nitrogen and oxygen atoms in total. The minimum atomic E-state index is -2.17. The van der Waals surface area contributed by atoms with E-state index >= 15 is 0 Å². The van der Waals surface area contributed by atoms with E-state index in [1.807, 2.05) is 0 Å². The highest BCUT2D eigenvalue weighted by Gasteiger charge is 2.47. The second-order valence-electron chi connectivity index (χ2n) is 14.7. The first kappa shape index (κ1) is 42.9. The van der Waals surface area contributed by atoms with Gasteiger partial charge in [0.2, 0.25) is 6.79 Å². The lowest BCUT2D eigenvalue weighted by Crippen LogP contribution is -2.53. The van der Waals surface area contributed by atoms with Crippen LogP contribution >= 0.6 is 0 Å². The normalized spacial score (nSPS) is 33.3. The van der Waals surface area contributed by atoms with Crippen molar-refractivity contribution in [1.29, 1.82) is 0 Å². The van der Waals surface area contributed by atoms with Gasteiger partial charge in [-0.2, -0.15) is 0 Å². The van der Waals surface area contributed by atoms with Crippen molar-refractivity contribution in [3.8, 4) is 11.5 Å². The van der Waals surface area contributed by atoms with E-state index in [2.05, 4.69) is 5.32 Å². The molecule has 1 aliphatic carbocycles. The highest BCUT2D eigenvalue weighted by molar-refractivity contribution is 6.21. The van der Waals surface area contributed by atoms with Gasteiger partial charge in [0, 0.05) is 47.0 Å². The lowest BCUT2D eigenvalue weighted by Gasteiger charge is -2.39. The minimum Gasteiger partial charge on any atom is -0.505 e. The predicted octanol–water partition coefficient (Wildman–Crippen LogP) is 3.10. The average molecular weight is 770 g/mol. The molecule has 3 heterocycles. The zero-order valence-corrected chi connectivity index (χ0v) is 32.6. The maximum absolute atomic E-state index is 14.0. The molecule has 1 amide bonds. The number of anilines is 1. The van der Waals surface area contributed by atoms with Crippen LogP contribution in [-0.2, 0) is 28.6 Å². The molecule has 1 aromatic carbocycles. The Hall–Kier alpha value is -4.80. The molecule has 3 aliphatic heterocycles. The SMILES string of the molecule is COC(=O)[C@H]1[C@@H](O)[C@H](C)C(O)[C@H](C)/C=C/C=C(\C)C(=O)Nc2c(C)c(OC(C)=O)c3c(c2O)C(=O)C(C)=C2OCOC(=C23)/C(C)=C\[C@@](C)(O)[C@H](O)[C@@H](C)[C@@H]1O. The van der Waals surface area contributed by atoms with Crippen LogP contribution in [0.3, 0.4) is 0 Å². The molecular weight excluding hydrogens is 718 g/mol. The third-order valence-corrected chi connectivity index (χ3v) is 10.6. The molecule has 4 bridgehead atoms. The number of allylic oxidation sites excluding steroid dienone is 5. The van der Waals surface area contributed by atoms with Crippen molar-refractivity contribution in [3.63, 3.8) is 0 Å². The lowest BCUT2D eigenvalue weighted by atomic mass is 9.75. The first-order valence-corrected chi connectivity index (χ1v) is 17.8. The van der Waals surface area contributed by atoms with E-state index in [4.69, 9.17) is 18.9 Å². The number of phenols is 1. The third kappa shape index (κ3) is 8.12. The van der Waals surface area contributed by atoms with Crippen molar-refractivity contribution < 1.29 is 68.8 Å². The highest BCUT2D eigenvalue weighted by Crippen LogP contribution is 2.53. The molecule has 0 radical (unpaired) electrons. The van der Waals surface area contributed by atoms with E-state index in [9.17, 15) is 49.8 Å². The molecule has 9 atom stereocenters. The van der Waals surface area contributed by atoms with Crippen LogP contribution in [0.2, 0.25) is 0 Å². The number of carbonyl (C=O) groups excluding carboxylic acids is 4. The monoisotopic (exact) mass is 769 g/mol. The average Bonchev–Trinajstić information content (AvgIpc) is 3.13. The molecular formula is C40H51NO14. The number of fused-ring (bicyclic) bond motifs is 14. The van der Waals surface area contributed by atoms with E-state index in [0.29, 0.717) is 0 Å². The summed E-state index contributed by atoms with van der Waals surface area (Å²) in [4.78, 5) is 53.0. The zero-order valence-electron chi connectivity index (χ0n) is 32.6.